The molecule has 2 rings (SSSR count). The second kappa shape index (κ2) is 7.18. The van der Waals surface area contributed by atoms with Gasteiger partial charge in [-0.15, -0.1) is 6.58 Å². The number of carbonyl (C=O) groups excluding carboxylic acids is 1. The van der Waals surface area contributed by atoms with Crippen LogP contribution in [0.25, 0.3) is 11.1 Å². The first kappa shape index (κ1) is 16.9. The Bertz CT molecular complexity index is 711. The molecule has 1 aromatic heterocycles. The molecule has 1 aromatic carbocycles. The fourth-order valence-corrected chi connectivity index (χ4v) is 2.85. The van der Waals surface area contributed by atoms with E-state index in [1.54, 1.807) is 7.11 Å². The molecule has 23 heavy (non-hydrogen) atoms. The molecule has 0 aliphatic rings. The van der Waals surface area contributed by atoms with Crippen molar-refractivity contribution >= 4 is 5.97 Å². The number of aromatic nitrogens is 1. The summed E-state index contributed by atoms with van der Waals surface area (Å²) < 4.78 is 12.6. The Labute approximate surface area is 137 Å². The molecule has 0 aliphatic carbocycles. The van der Waals surface area contributed by atoms with E-state index in [2.05, 4.69) is 11.1 Å². The second-order valence-electron chi connectivity index (χ2n) is 5.27. The minimum atomic E-state index is -0.290. The normalized spacial score (nSPS) is 10.4. The molecular formula is C19H23NO3. The summed E-state index contributed by atoms with van der Waals surface area (Å²) in [6, 6.07) is 7.71. The Balaban J connectivity index is 2.65. The van der Waals surface area contributed by atoms with Crippen molar-refractivity contribution in [2.75, 3.05) is 13.7 Å². The number of hydrogen-bond acceptors (Lipinski definition) is 3. The molecule has 0 radical (unpaired) electrons. The van der Waals surface area contributed by atoms with Crippen molar-refractivity contribution in [3.05, 3.63) is 53.9 Å². The van der Waals surface area contributed by atoms with Crippen LogP contribution in [0.1, 0.15) is 28.7 Å². The van der Waals surface area contributed by atoms with Crippen LogP contribution in [-0.2, 0) is 11.3 Å². The van der Waals surface area contributed by atoms with Gasteiger partial charge in [0, 0.05) is 23.5 Å². The number of esters is 1. The highest BCUT2D eigenvalue weighted by molar-refractivity contribution is 5.99. The number of allylic oxidation sites excluding steroid dienone is 1. The quantitative estimate of drug-likeness (QED) is 0.594. The van der Waals surface area contributed by atoms with Crippen LogP contribution < -0.4 is 4.74 Å². The van der Waals surface area contributed by atoms with Crippen molar-refractivity contribution in [1.82, 2.24) is 4.57 Å². The van der Waals surface area contributed by atoms with Gasteiger partial charge < -0.3 is 14.0 Å². The Morgan fingerprint density at radius 2 is 1.87 bits per heavy atom. The van der Waals surface area contributed by atoms with Gasteiger partial charge in [0.2, 0.25) is 0 Å². The summed E-state index contributed by atoms with van der Waals surface area (Å²) >= 11 is 0. The minimum Gasteiger partial charge on any atom is -0.497 e. The summed E-state index contributed by atoms with van der Waals surface area (Å²) in [5, 5.41) is 0. The van der Waals surface area contributed by atoms with Crippen molar-refractivity contribution in [2.24, 2.45) is 0 Å². The number of benzene rings is 1. The van der Waals surface area contributed by atoms with E-state index in [9.17, 15) is 4.79 Å². The maximum Gasteiger partial charge on any atom is 0.340 e. The van der Waals surface area contributed by atoms with Crippen molar-refractivity contribution < 1.29 is 14.3 Å². The highest BCUT2D eigenvalue weighted by Crippen LogP contribution is 2.34. The van der Waals surface area contributed by atoms with Gasteiger partial charge in [-0.1, -0.05) is 18.2 Å². The van der Waals surface area contributed by atoms with Crippen molar-refractivity contribution in [3.63, 3.8) is 0 Å². The largest absolute Gasteiger partial charge is 0.497 e. The average Bonchev–Trinajstić information content (AvgIpc) is 2.80. The molecule has 0 amide bonds. The summed E-state index contributed by atoms with van der Waals surface area (Å²) in [4.78, 5) is 12.5. The maximum atomic E-state index is 12.5. The standard InChI is InChI=1S/C19H23NO3/c1-6-12-20-13(3)17(15-8-10-16(22-5)11-9-15)18(14(20)4)19(21)23-7-2/h6,8-11H,1,7,12H2,2-5H3. The van der Waals surface area contributed by atoms with Gasteiger partial charge in [-0.2, -0.15) is 0 Å². The first-order valence-corrected chi connectivity index (χ1v) is 7.67. The number of ether oxygens (including phenoxy) is 2. The van der Waals surface area contributed by atoms with Gasteiger partial charge >= 0.3 is 5.97 Å². The van der Waals surface area contributed by atoms with Crippen LogP contribution in [0.2, 0.25) is 0 Å². The van der Waals surface area contributed by atoms with Gasteiger partial charge in [0.1, 0.15) is 5.75 Å². The van der Waals surface area contributed by atoms with Gasteiger partial charge in [0.15, 0.2) is 0 Å². The molecule has 0 bridgehead atoms. The van der Waals surface area contributed by atoms with Gasteiger partial charge in [-0.25, -0.2) is 4.79 Å². The number of rotatable bonds is 6. The lowest BCUT2D eigenvalue weighted by Crippen LogP contribution is -2.08. The maximum absolute atomic E-state index is 12.5. The van der Waals surface area contributed by atoms with E-state index in [1.807, 2.05) is 51.1 Å². The summed E-state index contributed by atoms with van der Waals surface area (Å²) in [6.45, 7) is 10.6. The van der Waals surface area contributed by atoms with E-state index in [1.165, 1.54) is 0 Å². The van der Waals surface area contributed by atoms with Gasteiger partial charge in [0.25, 0.3) is 0 Å². The van der Waals surface area contributed by atoms with Gasteiger partial charge in [0.05, 0.1) is 19.3 Å². The Kier molecular flexibility index (Phi) is 5.27. The average molecular weight is 313 g/mol. The minimum absolute atomic E-state index is 0.290. The number of hydrogen-bond donors (Lipinski definition) is 0. The highest BCUT2D eigenvalue weighted by Gasteiger charge is 2.24. The Hall–Kier alpha value is -2.49. The van der Waals surface area contributed by atoms with E-state index in [0.29, 0.717) is 18.7 Å². The van der Waals surface area contributed by atoms with Crippen LogP contribution in [0.4, 0.5) is 0 Å². The molecule has 122 valence electrons. The number of methoxy groups -OCH3 is 1. The second-order valence-corrected chi connectivity index (χ2v) is 5.27. The third kappa shape index (κ3) is 3.16. The molecule has 2 aromatic rings. The van der Waals surface area contributed by atoms with E-state index >= 15 is 0 Å². The van der Waals surface area contributed by atoms with Crippen LogP contribution in [0.15, 0.2) is 36.9 Å². The summed E-state index contributed by atoms with van der Waals surface area (Å²) in [6.07, 6.45) is 1.83. The van der Waals surface area contributed by atoms with Crippen LogP contribution in [0.5, 0.6) is 5.75 Å². The zero-order valence-electron chi connectivity index (χ0n) is 14.2. The van der Waals surface area contributed by atoms with Gasteiger partial charge in [-0.05, 0) is 38.5 Å². The zero-order valence-corrected chi connectivity index (χ0v) is 14.2. The van der Waals surface area contributed by atoms with E-state index in [0.717, 1.165) is 28.3 Å². The van der Waals surface area contributed by atoms with Crippen molar-refractivity contribution in [2.45, 2.75) is 27.3 Å². The first-order chi connectivity index (χ1) is 11.0. The van der Waals surface area contributed by atoms with Crippen LogP contribution in [0, 0.1) is 13.8 Å². The molecule has 1 heterocycles. The SMILES string of the molecule is C=CCn1c(C)c(C(=O)OCC)c(-c2ccc(OC)cc2)c1C. The molecule has 0 unspecified atom stereocenters. The molecule has 0 aliphatic heterocycles. The molecular weight excluding hydrogens is 290 g/mol. The number of carbonyl (C=O) groups is 1. The predicted molar refractivity (Wildman–Crippen MR) is 92.0 cm³/mol. The van der Waals surface area contributed by atoms with E-state index in [4.69, 9.17) is 9.47 Å². The fourth-order valence-electron chi connectivity index (χ4n) is 2.85. The summed E-state index contributed by atoms with van der Waals surface area (Å²) in [7, 11) is 1.63. The topological polar surface area (TPSA) is 40.5 Å². The number of nitrogens with zero attached hydrogens (tertiary/aromatic N) is 1. The third-order valence-corrected chi connectivity index (χ3v) is 3.95. The monoisotopic (exact) mass is 313 g/mol. The molecule has 0 N–H and O–H groups in total. The van der Waals surface area contributed by atoms with E-state index < -0.39 is 0 Å². The third-order valence-electron chi connectivity index (χ3n) is 3.95. The van der Waals surface area contributed by atoms with Crippen molar-refractivity contribution in [3.8, 4) is 16.9 Å². The molecule has 0 fully saturated rings. The van der Waals surface area contributed by atoms with Crippen molar-refractivity contribution in [1.29, 1.82) is 0 Å². The van der Waals surface area contributed by atoms with Crippen LogP contribution >= 0.6 is 0 Å². The highest BCUT2D eigenvalue weighted by atomic mass is 16.5. The molecule has 0 spiro atoms. The fraction of sp³-hybridized carbons (Fsp3) is 0.316. The Morgan fingerprint density at radius 1 is 1.22 bits per heavy atom. The molecule has 0 saturated heterocycles. The Morgan fingerprint density at radius 3 is 2.39 bits per heavy atom. The molecule has 4 heteroatoms. The lowest BCUT2D eigenvalue weighted by Gasteiger charge is -2.08. The van der Waals surface area contributed by atoms with Crippen LogP contribution in [-0.4, -0.2) is 24.3 Å². The van der Waals surface area contributed by atoms with Crippen LogP contribution in [0.3, 0.4) is 0 Å². The molecule has 0 saturated carbocycles. The molecule has 4 nitrogen and oxygen atoms in total. The first-order valence-electron chi connectivity index (χ1n) is 7.67. The lowest BCUT2D eigenvalue weighted by molar-refractivity contribution is 0.0526. The zero-order chi connectivity index (χ0) is 17.0. The smallest absolute Gasteiger partial charge is 0.340 e. The van der Waals surface area contributed by atoms with E-state index in [-0.39, 0.29) is 5.97 Å². The van der Waals surface area contributed by atoms with Gasteiger partial charge in [-0.3, -0.25) is 0 Å². The lowest BCUT2D eigenvalue weighted by atomic mass is 10.0. The summed E-state index contributed by atoms with van der Waals surface area (Å²) in [5.41, 5.74) is 4.42. The molecule has 0 atom stereocenters. The predicted octanol–water partition coefficient (Wildman–Crippen LogP) is 4.14. The summed E-state index contributed by atoms with van der Waals surface area (Å²) in [5.74, 6) is 0.494.